The molecule has 1 aliphatic rings. The van der Waals surface area contributed by atoms with E-state index in [0.29, 0.717) is 31.5 Å². The molecular formula is C18H29ClN2O2. The van der Waals surface area contributed by atoms with Crippen LogP contribution in [0.25, 0.3) is 0 Å². The van der Waals surface area contributed by atoms with Gasteiger partial charge in [-0.3, -0.25) is 4.79 Å². The fraction of sp³-hybridized carbons (Fsp3) is 0.611. The van der Waals surface area contributed by atoms with E-state index in [-0.39, 0.29) is 24.2 Å². The van der Waals surface area contributed by atoms with Crippen molar-refractivity contribution in [3.8, 4) is 5.75 Å². The van der Waals surface area contributed by atoms with Crippen LogP contribution in [0.2, 0.25) is 0 Å². The maximum atomic E-state index is 12.1. The fourth-order valence-electron chi connectivity index (χ4n) is 3.09. The number of hydrogen-bond donors (Lipinski definition) is 2. The van der Waals surface area contributed by atoms with Gasteiger partial charge in [-0.15, -0.1) is 12.4 Å². The Labute approximate surface area is 145 Å². The second-order valence-electron chi connectivity index (χ2n) is 6.40. The SMILES string of the molecule is CC(C)c1ccc(OCCNC(=O)[C@@H]2CCC[C@@H]2CN)cc1.Cl. The lowest BCUT2D eigenvalue weighted by Crippen LogP contribution is -2.37. The number of nitrogens with two attached hydrogens (primary N) is 1. The number of rotatable bonds is 7. The number of halogens is 1. The molecule has 1 aromatic carbocycles. The van der Waals surface area contributed by atoms with E-state index < -0.39 is 0 Å². The zero-order valence-electron chi connectivity index (χ0n) is 14.1. The van der Waals surface area contributed by atoms with Crippen molar-refractivity contribution < 1.29 is 9.53 Å². The van der Waals surface area contributed by atoms with E-state index >= 15 is 0 Å². The third-order valence-corrected chi connectivity index (χ3v) is 4.52. The molecule has 0 spiro atoms. The molecule has 1 amide bonds. The molecule has 130 valence electrons. The number of carbonyl (C=O) groups excluding carboxylic acids is 1. The van der Waals surface area contributed by atoms with Gasteiger partial charge in [-0.25, -0.2) is 0 Å². The quantitative estimate of drug-likeness (QED) is 0.750. The van der Waals surface area contributed by atoms with Gasteiger partial charge in [0.15, 0.2) is 0 Å². The van der Waals surface area contributed by atoms with E-state index in [1.165, 1.54) is 5.56 Å². The van der Waals surface area contributed by atoms with Crippen LogP contribution in [0.3, 0.4) is 0 Å². The second kappa shape index (κ2) is 9.78. The summed E-state index contributed by atoms with van der Waals surface area (Å²) in [4.78, 5) is 12.1. The van der Waals surface area contributed by atoms with Gasteiger partial charge in [0.1, 0.15) is 12.4 Å². The van der Waals surface area contributed by atoms with Crippen LogP contribution >= 0.6 is 12.4 Å². The first kappa shape index (κ1) is 19.8. The van der Waals surface area contributed by atoms with Gasteiger partial charge in [-0.05, 0) is 48.9 Å². The Hall–Kier alpha value is -1.26. The molecule has 0 aliphatic heterocycles. The van der Waals surface area contributed by atoms with Crippen LogP contribution in [0.5, 0.6) is 5.75 Å². The molecule has 0 unspecified atom stereocenters. The molecule has 1 aliphatic carbocycles. The van der Waals surface area contributed by atoms with Crippen molar-refractivity contribution in [1.82, 2.24) is 5.32 Å². The fourth-order valence-corrected chi connectivity index (χ4v) is 3.09. The Morgan fingerprint density at radius 2 is 2.00 bits per heavy atom. The molecule has 23 heavy (non-hydrogen) atoms. The van der Waals surface area contributed by atoms with Crippen molar-refractivity contribution >= 4 is 18.3 Å². The highest BCUT2D eigenvalue weighted by atomic mass is 35.5. The van der Waals surface area contributed by atoms with Crippen molar-refractivity contribution in [1.29, 1.82) is 0 Å². The molecule has 5 heteroatoms. The summed E-state index contributed by atoms with van der Waals surface area (Å²) < 4.78 is 5.67. The summed E-state index contributed by atoms with van der Waals surface area (Å²) in [6.07, 6.45) is 3.15. The van der Waals surface area contributed by atoms with Crippen LogP contribution in [-0.4, -0.2) is 25.6 Å². The summed E-state index contributed by atoms with van der Waals surface area (Å²) in [6, 6.07) is 8.14. The van der Waals surface area contributed by atoms with E-state index in [1.54, 1.807) is 0 Å². The third-order valence-electron chi connectivity index (χ3n) is 4.52. The Morgan fingerprint density at radius 1 is 1.30 bits per heavy atom. The molecule has 0 heterocycles. The minimum absolute atomic E-state index is 0. The minimum Gasteiger partial charge on any atom is -0.492 e. The Morgan fingerprint density at radius 3 is 2.61 bits per heavy atom. The highest BCUT2D eigenvalue weighted by molar-refractivity contribution is 5.85. The van der Waals surface area contributed by atoms with Gasteiger partial charge < -0.3 is 15.8 Å². The van der Waals surface area contributed by atoms with Gasteiger partial charge in [0.25, 0.3) is 0 Å². The van der Waals surface area contributed by atoms with E-state index in [9.17, 15) is 4.79 Å². The van der Waals surface area contributed by atoms with Crippen molar-refractivity contribution in [2.24, 2.45) is 17.6 Å². The van der Waals surface area contributed by atoms with E-state index in [4.69, 9.17) is 10.5 Å². The Bertz CT molecular complexity index is 476. The van der Waals surface area contributed by atoms with Crippen LogP contribution < -0.4 is 15.8 Å². The average Bonchev–Trinajstić information content (AvgIpc) is 3.00. The lowest BCUT2D eigenvalue weighted by Gasteiger charge is -2.17. The molecule has 1 fully saturated rings. The molecule has 3 N–H and O–H groups in total. The number of nitrogens with one attached hydrogen (secondary N) is 1. The first-order chi connectivity index (χ1) is 10.6. The van der Waals surface area contributed by atoms with E-state index in [2.05, 4.69) is 31.3 Å². The van der Waals surface area contributed by atoms with Gasteiger partial charge in [-0.1, -0.05) is 32.4 Å². The monoisotopic (exact) mass is 340 g/mol. The first-order valence-electron chi connectivity index (χ1n) is 8.32. The maximum absolute atomic E-state index is 12.1. The average molecular weight is 341 g/mol. The van der Waals surface area contributed by atoms with E-state index in [0.717, 1.165) is 25.0 Å². The Balaban J connectivity index is 0.00000264. The summed E-state index contributed by atoms with van der Waals surface area (Å²) in [5.41, 5.74) is 7.02. The van der Waals surface area contributed by atoms with Gasteiger partial charge in [0.05, 0.1) is 6.54 Å². The smallest absolute Gasteiger partial charge is 0.223 e. The minimum atomic E-state index is 0. The second-order valence-corrected chi connectivity index (χ2v) is 6.40. The van der Waals surface area contributed by atoms with Crippen LogP contribution in [0.15, 0.2) is 24.3 Å². The van der Waals surface area contributed by atoms with Crippen LogP contribution in [0.1, 0.15) is 44.6 Å². The van der Waals surface area contributed by atoms with Gasteiger partial charge in [0, 0.05) is 5.92 Å². The van der Waals surface area contributed by atoms with Crippen molar-refractivity contribution in [2.45, 2.75) is 39.0 Å². The van der Waals surface area contributed by atoms with Crippen molar-refractivity contribution in [2.75, 3.05) is 19.7 Å². The number of amides is 1. The van der Waals surface area contributed by atoms with E-state index in [1.807, 2.05) is 12.1 Å². The van der Waals surface area contributed by atoms with Crippen LogP contribution in [0, 0.1) is 11.8 Å². The molecule has 1 saturated carbocycles. The molecule has 0 bridgehead atoms. The number of hydrogen-bond acceptors (Lipinski definition) is 3. The molecular weight excluding hydrogens is 312 g/mol. The number of ether oxygens (including phenoxy) is 1. The summed E-state index contributed by atoms with van der Waals surface area (Å²) in [5.74, 6) is 1.95. The lowest BCUT2D eigenvalue weighted by molar-refractivity contribution is -0.126. The number of carbonyl (C=O) groups is 1. The molecule has 1 aromatic rings. The van der Waals surface area contributed by atoms with Crippen LogP contribution in [0.4, 0.5) is 0 Å². The largest absolute Gasteiger partial charge is 0.492 e. The molecule has 0 aromatic heterocycles. The summed E-state index contributed by atoms with van der Waals surface area (Å²) in [7, 11) is 0. The third kappa shape index (κ3) is 5.70. The topological polar surface area (TPSA) is 64.3 Å². The highest BCUT2D eigenvalue weighted by Crippen LogP contribution is 2.30. The molecule has 2 atom stereocenters. The van der Waals surface area contributed by atoms with Gasteiger partial charge in [0.2, 0.25) is 5.91 Å². The first-order valence-corrected chi connectivity index (χ1v) is 8.32. The molecule has 0 saturated heterocycles. The normalized spacial score (nSPS) is 20.2. The zero-order valence-corrected chi connectivity index (χ0v) is 14.9. The zero-order chi connectivity index (χ0) is 15.9. The Kier molecular flexibility index (Phi) is 8.42. The van der Waals surface area contributed by atoms with Crippen molar-refractivity contribution in [3.63, 3.8) is 0 Å². The summed E-state index contributed by atoms with van der Waals surface area (Å²) in [6.45, 7) is 5.98. The predicted molar refractivity (Wildman–Crippen MR) is 96.2 cm³/mol. The molecule has 4 nitrogen and oxygen atoms in total. The maximum Gasteiger partial charge on any atom is 0.223 e. The summed E-state index contributed by atoms with van der Waals surface area (Å²) in [5, 5.41) is 2.97. The lowest BCUT2D eigenvalue weighted by atomic mass is 9.95. The van der Waals surface area contributed by atoms with Crippen LogP contribution in [-0.2, 0) is 4.79 Å². The molecule has 2 rings (SSSR count). The highest BCUT2D eigenvalue weighted by Gasteiger charge is 2.31. The molecule has 0 radical (unpaired) electrons. The van der Waals surface area contributed by atoms with Crippen molar-refractivity contribution in [3.05, 3.63) is 29.8 Å². The van der Waals surface area contributed by atoms with Gasteiger partial charge >= 0.3 is 0 Å². The predicted octanol–water partition coefficient (Wildman–Crippen LogP) is 3.10. The standard InChI is InChI=1S/C18H28N2O2.ClH/c1-13(2)14-6-8-16(9-7-14)22-11-10-20-18(21)17-5-3-4-15(17)12-19;/h6-9,13,15,17H,3-5,10-12,19H2,1-2H3,(H,20,21);1H/t15-,17-;/m1./s1. The number of benzene rings is 1. The summed E-state index contributed by atoms with van der Waals surface area (Å²) >= 11 is 0. The van der Waals surface area contributed by atoms with Gasteiger partial charge in [-0.2, -0.15) is 0 Å².